The number of hydrogen-bond donors (Lipinski definition) is 0. The molecule has 0 N–H and O–H groups in total. The van der Waals surface area contributed by atoms with E-state index in [1.807, 2.05) is 24.3 Å². The number of carbonyl (C=O) groups is 1. The highest BCUT2D eigenvalue weighted by molar-refractivity contribution is 5.93. The first-order valence-corrected chi connectivity index (χ1v) is 9.64. The average Bonchev–Trinajstić information content (AvgIpc) is 3.19. The van der Waals surface area contributed by atoms with Crippen molar-refractivity contribution >= 4 is 11.6 Å². The van der Waals surface area contributed by atoms with E-state index in [0.29, 0.717) is 42.7 Å². The van der Waals surface area contributed by atoms with E-state index in [2.05, 4.69) is 27.0 Å². The standard InChI is InChI=1S/C21H25N5O3/c1-4-5-11-26(20(27)9-12-28-3)17-6-7-18(23-14-17)19-13-16(8-10-22-19)21-24-15(2)29-25-21/h6-8,10,13-14H,4-5,9,11-12H2,1-3H3. The van der Waals surface area contributed by atoms with Crippen molar-refractivity contribution in [3.8, 4) is 22.8 Å². The molecule has 0 atom stereocenters. The molecule has 0 aliphatic heterocycles. The topological polar surface area (TPSA) is 94.2 Å². The van der Waals surface area contributed by atoms with Gasteiger partial charge in [-0.3, -0.25) is 14.8 Å². The summed E-state index contributed by atoms with van der Waals surface area (Å²) < 4.78 is 10.1. The van der Waals surface area contributed by atoms with E-state index >= 15 is 0 Å². The minimum atomic E-state index is 0.0300. The molecular weight excluding hydrogens is 370 g/mol. The molecule has 0 fully saturated rings. The number of aromatic nitrogens is 4. The Morgan fingerprint density at radius 1 is 1.21 bits per heavy atom. The third-order valence-corrected chi connectivity index (χ3v) is 4.42. The van der Waals surface area contributed by atoms with Gasteiger partial charge in [0.2, 0.25) is 17.6 Å². The zero-order valence-electron chi connectivity index (χ0n) is 17.0. The van der Waals surface area contributed by atoms with Gasteiger partial charge in [0.15, 0.2) is 0 Å². The molecule has 0 aromatic carbocycles. The second-order valence-corrected chi connectivity index (χ2v) is 6.61. The molecule has 0 saturated heterocycles. The third kappa shape index (κ3) is 5.23. The summed E-state index contributed by atoms with van der Waals surface area (Å²) in [6, 6.07) is 7.45. The monoisotopic (exact) mass is 395 g/mol. The van der Waals surface area contributed by atoms with Gasteiger partial charge in [0.05, 0.1) is 36.3 Å². The molecular formula is C21H25N5O3. The Kier molecular flexibility index (Phi) is 7.02. The Morgan fingerprint density at radius 2 is 2.07 bits per heavy atom. The van der Waals surface area contributed by atoms with Crippen LogP contribution in [0.15, 0.2) is 41.2 Å². The molecule has 152 valence electrons. The van der Waals surface area contributed by atoms with Crippen LogP contribution in [0.25, 0.3) is 22.8 Å². The zero-order valence-corrected chi connectivity index (χ0v) is 17.0. The molecule has 0 saturated carbocycles. The molecule has 0 radical (unpaired) electrons. The van der Waals surface area contributed by atoms with Gasteiger partial charge in [0, 0.05) is 32.3 Å². The van der Waals surface area contributed by atoms with E-state index in [1.54, 1.807) is 31.3 Å². The molecule has 8 heteroatoms. The minimum absolute atomic E-state index is 0.0300. The second-order valence-electron chi connectivity index (χ2n) is 6.61. The SMILES string of the molecule is CCCCN(C(=O)CCOC)c1ccc(-c2cc(-c3noc(C)n3)ccn2)nc1. The van der Waals surface area contributed by atoms with Crippen LogP contribution in [0, 0.1) is 6.92 Å². The van der Waals surface area contributed by atoms with Crippen LogP contribution in [0.1, 0.15) is 32.1 Å². The van der Waals surface area contributed by atoms with Crippen LogP contribution in [0.3, 0.4) is 0 Å². The normalized spacial score (nSPS) is 10.9. The van der Waals surface area contributed by atoms with Crippen LogP contribution in [-0.4, -0.2) is 46.3 Å². The lowest BCUT2D eigenvalue weighted by Crippen LogP contribution is -2.32. The molecule has 8 nitrogen and oxygen atoms in total. The van der Waals surface area contributed by atoms with Crippen molar-refractivity contribution in [1.82, 2.24) is 20.1 Å². The number of amides is 1. The van der Waals surface area contributed by atoms with Crippen molar-refractivity contribution in [3.05, 3.63) is 42.5 Å². The van der Waals surface area contributed by atoms with Crippen LogP contribution in [0.2, 0.25) is 0 Å². The zero-order chi connectivity index (χ0) is 20.6. The van der Waals surface area contributed by atoms with E-state index in [0.717, 1.165) is 24.1 Å². The van der Waals surface area contributed by atoms with Crippen molar-refractivity contribution in [2.75, 3.05) is 25.2 Å². The number of aryl methyl sites for hydroxylation is 1. The van der Waals surface area contributed by atoms with Gasteiger partial charge >= 0.3 is 0 Å². The van der Waals surface area contributed by atoms with Crippen LogP contribution in [0.4, 0.5) is 5.69 Å². The Balaban J connectivity index is 1.82. The van der Waals surface area contributed by atoms with Gasteiger partial charge in [-0.05, 0) is 30.7 Å². The lowest BCUT2D eigenvalue weighted by atomic mass is 10.1. The number of ether oxygens (including phenoxy) is 1. The number of unbranched alkanes of at least 4 members (excludes halogenated alkanes) is 1. The first kappa shape index (κ1) is 20.6. The first-order chi connectivity index (χ1) is 14.1. The Labute approximate surface area is 169 Å². The summed E-state index contributed by atoms with van der Waals surface area (Å²) in [5, 5.41) is 3.94. The summed E-state index contributed by atoms with van der Waals surface area (Å²) in [5.74, 6) is 1.05. The number of rotatable bonds is 9. The smallest absolute Gasteiger partial charge is 0.229 e. The van der Waals surface area contributed by atoms with E-state index in [1.165, 1.54) is 0 Å². The van der Waals surface area contributed by atoms with Gasteiger partial charge in [-0.15, -0.1) is 0 Å². The fourth-order valence-corrected chi connectivity index (χ4v) is 2.86. The van der Waals surface area contributed by atoms with Crippen molar-refractivity contribution < 1.29 is 14.1 Å². The first-order valence-electron chi connectivity index (χ1n) is 9.64. The fraction of sp³-hybridized carbons (Fsp3) is 0.381. The highest BCUT2D eigenvalue weighted by atomic mass is 16.5. The molecule has 0 spiro atoms. The van der Waals surface area contributed by atoms with E-state index in [-0.39, 0.29) is 5.91 Å². The molecule has 1 amide bonds. The number of anilines is 1. The molecule has 3 aromatic heterocycles. The lowest BCUT2D eigenvalue weighted by molar-refractivity contribution is -0.119. The number of methoxy groups -OCH3 is 1. The van der Waals surface area contributed by atoms with Gasteiger partial charge in [-0.25, -0.2) is 0 Å². The predicted molar refractivity (Wildman–Crippen MR) is 109 cm³/mol. The van der Waals surface area contributed by atoms with Crippen molar-refractivity contribution in [2.24, 2.45) is 0 Å². The Bertz CT molecular complexity index is 939. The predicted octanol–water partition coefficient (Wildman–Crippen LogP) is 3.67. The molecule has 0 aliphatic carbocycles. The molecule has 0 aliphatic rings. The van der Waals surface area contributed by atoms with Gasteiger partial charge in [-0.1, -0.05) is 18.5 Å². The summed E-state index contributed by atoms with van der Waals surface area (Å²) in [7, 11) is 1.59. The maximum Gasteiger partial charge on any atom is 0.229 e. The fourth-order valence-electron chi connectivity index (χ4n) is 2.86. The Morgan fingerprint density at radius 3 is 2.72 bits per heavy atom. The van der Waals surface area contributed by atoms with Crippen LogP contribution < -0.4 is 4.90 Å². The lowest BCUT2D eigenvalue weighted by Gasteiger charge is -2.22. The molecule has 29 heavy (non-hydrogen) atoms. The summed E-state index contributed by atoms with van der Waals surface area (Å²) in [4.78, 5) is 27.5. The molecule has 0 unspecified atom stereocenters. The highest BCUT2D eigenvalue weighted by Crippen LogP contribution is 2.23. The summed E-state index contributed by atoms with van der Waals surface area (Å²) >= 11 is 0. The number of hydrogen-bond acceptors (Lipinski definition) is 7. The maximum absolute atomic E-state index is 12.5. The summed E-state index contributed by atoms with van der Waals surface area (Å²) in [5.41, 5.74) is 2.98. The molecule has 3 aromatic rings. The van der Waals surface area contributed by atoms with Crippen molar-refractivity contribution in [2.45, 2.75) is 33.1 Å². The maximum atomic E-state index is 12.5. The van der Waals surface area contributed by atoms with Crippen LogP contribution >= 0.6 is 0 Å². The highest BCUT2D eigenvalue weighted by Gasteiger charge is 2.16. The Hall–Kier alpha value is -3.13. The number of pyridine rings is 2. The van der Waals surface area contributed by atoms with Gasteiger partial charge in [-0.2, -0.15) is 4.98 Å². The van der Waals surface area contributed by atoms with Crippen LogP contribution in [-0.2, 0) is 9.53 Å². The van der Waals surface area contributed by atoms with Crippen molar-refractivity contribution in [3.63, 3.8) is 0 Å². The summed E-state index contributed by atoms with van der Waals surface area (Å²) in [6.07, 6.45) is 5.67. The quantitative estimate of drug-likeness (QED) is 0.545. The van der Waals surface area contributed by atoms with Gasteiger partial charge in [0.25, 0.3) is 0 Å². The van der Waals surface area contributed by atoms with Gasteiger partial charge < -0.3 is 14.2 Å². The average molecular weight is 395 g/mol. The molecule has 3 rings (SSSR count). The largest absolute Gasteiger partial charge is 0.384 e. The molecule has 3 heterocycles. The number of nitrogens with zero attached hydrogens (tertiary/aromatic N) is 5. The van der Waals surface area contributed by atoms with E-state index < -0.39 is 0 Å². The number of carbonyl (C=O) groups excluding carboxylic acids is 1. The molecule has 0 bridgehead atoms. The third-order valence-electron chi connectivity index (χ3n) is 4.42. The summed E-state index contributed by atoms with van der Waals surface area (Å²) in [6.45, 7) is 4.91. The van der Waals surface area contributed by atoms with E-state index in [9.17, 15) is 4.79 Å². The second kappa shape index (κ2) is 9.88. The minimum Gasteiger partial charge on any atom is -0.384 e. The van der Waals surface area contributed by atoms with Gasteiger partial charge in [0.1, 0.15) is 0 Å². The van der Waals surface area contributed by atoms with Crippen LogP contribution in [0.5, 0.6) is 0 Å². The van der Waals surface area contributed by atoms with Crippen molar-refractivity contribution in [1.29, 1.82) is 0 Å². The van der Waals surface area contributed by atoms with E-state index in [4.69, 9.17) is 9.26 Å².